The Balaban J connectivity index is 1.88. The lowest BCUT2D eigenvalue weighted by Gasteiger charge is -2.35. The van der Waals surface area contributed by atoms with Gasteiger partial charge in [0.1, 0.15) is 0 Å². The van der Waals surface area contributed by atoms with Crippen LogP contribution >= 0.6 is 0 Å². The minimum absolute atomic E-state index is 0.210. The summed E-state index contributed by atoms with van der Waals surface area (Å²) >= 11 is 0. The highest BCUT2D eigenvalue weighted by Crippen LogP contribution is 2.21. The Kier molecular flexibility index (Phi) is 2.74. The molecule has 4 heteroatoms. The van der Waals surface area contributed by atoms with Gasteiger partial charge in [0, 0.05) is 38.1 Å². The van der Waals surface area contributed by atoms with E-state index in [4.69, 9.17) is 11.1 Å². The molecule has 80 valence electrons. The molecule has 0 aromatic carbocycles. The summed E-state index contributed by atoms with van der Waals surface area (Å²) < 4.78 is 0. The van der Waals surface area contributed by atoms with E-state index in [1.54, 1.807) is 0 Å². The van der Waals surface area contributed by atoms with E-state index in [-0.39, 0.29) is 5.92 Å². The van der Waals surface area contributed by atoms with E-state index >= 15 is 0 Å². The van der Waals surface area contributed by atoms with Gasteiger partial charge in [-0.05, 0) is 13.0 Å². The van der Waals surface area contributed by atoms with Crippen LogP contribution in [0.3, 0.4) is 0 Å². The Labute approximate surface area is 85.6 Å². The van der Waals surface area contributed by atoms with E-state index in [1.165, 1.54) is 26.1 Å². The zero-order valence-electron chi connectivity index (χ0n) is 8.87. The third-order valence-corrected chi connectivity index (χ3v) is 3.51. The summed E-state index contributed by atoms with van der Waals surface area (Å²) in [6, 6.07) is 0.727. The van der Waals surface area contributed by atoms with E-state index < -0.39 is 0 Å². The van der Waals surface area contributed by atoms with Crippen LogP contribution in [0, 0.1) is 11.3 Å². The Hall–Kier alpha value is -0.610. The minimum atomic E-state index is 0.210. The third kappa shape index (κ3) is 1.91. The summed E-state index contributed by atoms with van der Waals surface area (Å²) in [4.78, 5) is 5.04. The fourth-order valence-corrected chi connectivity index (χ4v) is 2.46. The number of nitrogens with zero attached hydrogens (tertiary/aromatic N) is 2. The minimum Gasteiger partial charge on any atom is -0.387 e. The summed E-state index contributed by atoms with van der Waals surface area (Å²) in [5.74, 6) is 0.535. The Morgan fingerprint density at radius 2 is 2.29 bits per heavy atom. The lowest BCUT2D eigenvalue weighted by atomic mass is 10.1. The maximum Gasteiger partial charge on any atom is 0.0947 e. The maximum atomic E-state index is 7.39. The molecule has 2 rings (SSSR count). The molecule has 2 bridgehead atoms. The van der Waals surface area contributed by atoms with Gasteiger partial charge in [-0.1, -0.05) is 6.92 Å². The third-order valence-electron chi connectivity index (χ3n) is 3.51. The van der Waals surface area contributed by atoms with Gasteiger partial charge in [-0.25, -0.2) is 0 Å². The van der Waals surface area contributed by atoms with E-state index in [0.29, 0.717) is 5.84 Å². The highest BCUT2D eigenvalue weighted by molar-refractivity contribution is 5.79. The average Bonchev–Trinajstić information content (AvgIpc) is 2.53. The highest BCUT2D eigenvalue weighted by atomic mass is 15.3. The van der Waals surface area contributed by atoms with Crippen molar-refractivity contribution in [3.8, 4) is 0 Å². The van der Waals surface area contributed by atoms with E-state index in [1.807, 2.05) is 6.92 Å². The van der Waals surface area contributed by atoms with Gasteiger partial charge in [-0.15, -0.1) is 0 Å². The summed E-state index contributed by atoms with van der Waals surface area (Å²) in [5.41, 5.74) is 5.50. The fraction of sp³-hybridized carbons (Fsp3) is 0.900. The molecule has 3 unspecified atom stereocenters. The number of piperazine rings is 1. The quantitative estimate of drug-likeness (QED) is 0.491. The van der Waals surface area contributed by atoms with Gasteiger partial charge in [0.05, 0.1) is 5.84 Å². The molecule has 0 aliphatic carbocycles. The highest BCUT2D eigenvalue weighted by Gasteiger charge is 2.32. The zero-order valence-corrected chi connectivity index (χ0v) is 8.87. The summed E-state index contributed by atoms with van der Waals surface area (Å²) in [5, 5.41) is 7.39. The second-order valence-electron chi connectivity index (χ2n) is 4.59. The van der Waals surface area contributed by atoms with Gasteiger partial charge in [0.15, 0.2) is 0 Å². The van der Waals surface area contributed by atoms with Crippen molar-refractivity contribution in [2.45, 2.75) is 19.4 Å². The molecule has 3 N–H and O–H groups in total. The van der Waals surface area contributed by atoms with Gasteiger partial charge in [0.2, 0.25) is 0 Å². The Morgan fingerprint density at radius 3 is 3.00 bits per heavy atom. The van der Waals surface area contributed by atoms with Crippen LogP contribution in [0.4, 0.5) is 0 Å². The Morgan fingerprint density at radius 1 is 1.50 bits per heavy atom. The monoisotopic (exact) mass is 196 g/mol. The van der Waals surface area contributed by atoms with Crippen molar-refractivity contribution in [3.05, 3.63) is 0 Å². The molecule has 2 aliphatic heterocycles. The molecule has 0 aromatic rings. The number of hydrogen-bond acceptors (Lipinski definition) is 3. The molecule has 0 amide bonds. The van der Waals surface area contributed by atoms with Gasteiger partial charge < -0.3 is 10.6 Å². The van der Waals surface area contributed by atoms with Crippen molar-refractivity contribution in [2.75, 3.05) is 32.7 Å². The van der Waals surface area contributed by atoms with E-state index in [2.05, 4.69) is 9.80 Å². The Bertz CT molecular complexity index is 228. The van der Waals surface area contributed by atoms with Crippen LogP contribution < -0.4 is 5.73 Å². The van der Waals surface area contributed by atoms with Crippen LogP contribution in [0.5, 0.6) is 0 Å². The van der Waals surface area contributed by atoms with Crippen molar-refractivity contribution < 1.29 is 0 Å². The summed E-state index contributed by atoms with van der Waals surface area (Å²) in [7, 11) is 0. The fourth-order valence-electron chi connectivity index (χ4n) is 2.46. The van der Waals surface area contributed by atoms with Crippen molar-refractivity contribution in [1.29, 1.82) is 5.41 Å². The molecule has 3 atom stereocenters. The van der Waals surface area contributed by atoms with Crippen LogP contribution in [0.2, 0.25) is 0 Å². The lowest BCUT2D eigenvalue weighted by molar-refractivity contribution is 0.128. The average molecular weight is 196 g/mol. The first-order chi connectivity index (χ1) is 6.66. The van der Waals surface area contributed by atoms with Crippen LogP contribution in [0.15, 0.2) is 0 Å². The first kappa shape index (κ1) is 9.93. The van der Waals surface area contributed by atoms with Crippen LogP contribution in [-0.4, -0.2) is 54.4 Å². The van der Waals surface area contributed by atoms with Crippen LogP contribution in [0.1, 0.15) is 13.3 Å². The van der Waals surface area contributed by atoms with Gasteiger partial charge in [0.25, 0.3) is 0 Å². The predicted octanol–water partition coefficient (Wildman–Crippen LogP) is -0.0516. The van der Waals surface area contributed by atoms with Crippen LogP contribution in [0.25, 0.3) is 0 Å². The number of hydrogen-bond donors (Lipinski definition) is 2. The first-order valence-corrected chi connectivity index (χ1v) is 5.47. The molecule has 0 aromatic heterocycles. The van der Waals surface area contributed by atoms with Crippen molar-refractivity contribution in [1.82, 2.24) is 9.80 Å². The first-order valence-electron chi connectivity index (χ1n) is 5.47. The normalized spacial score (nSPS) is 34.4. The van der Waals surface area contributed by atoms with Gasteiger partial charge in [-0.2, -0.15) is 0 Å². The molecule has 2 fully saturated rings. The summed E-state index contributed by atoms with van der Waals surface area (Å²) in [6.07, 6.45) is 1.30. The van der Waals surface area contributed by atoms with Gasteiger partial charge >= 0.3 is 0 Å². The number of rotatable bonds is 3. The molecule has 2 heterocycles. The molecule has 0 radical (unpaired) electrons. The van der Waals surface area contributed by atoms with Crippen molar-refractivity contribution in [2.24, 2.45) is 11.7 Å². The maximum absolute atomic E-state index is 7.39. The molecule has 2 aliphatic rings. The van der Waals surface area contributed by atoms with Crippen molar-refractivity contribution >= 4 is 5.84 Å². The van der Waals surface area contributed by atoms with E-state index in [0.717, 1.165) is 19.1 Å². The number of amidine groups is 1. The molecular weight excluding hydrogens is 176 g/mol. The number of fused-ring (bicyclic) bond motifs is 2. The molecule has 2 saturated heterocycles. The molecule has 14 heavy (non-hydrogen) atoms. The smallest absolute Gasteiger partial charge is 0.0947 e. The second-order valence-corrected chi connectivity index (χ2v) is 4.59. The zero-order chi connectivity index (χ0) is 10.1. The summed E-state index contributed by atoms with van der Waals surface area (Å²) in [6.45, 7) is 7.85. The van der Waals surface area contributed by atoms with Gasteiger partial charge in [-0.3, -0.25) is 10.3 Å². The molecule has 4 nitrogen and oxygen atoms in total. The largest absolute Gasteiger partial charge is 0.387 e. The predicted molar refractivity (Wildman–Crippen MR) is 57.5 cm³/mol. The standard InChI is InChI=1S/C10H20N4/c1-8(10(11)12)6-14-5-4-13-3-2-9(14)7-13/h8-9H,2-7H2,1H3,(H3,11,12). The lowest BCUT2D eigenvalue weighted by Crippen LogP contribution is -2.49. The van der Waals surface area contributed by atoms with Crippen LogP contribution in [-0.2, 0) is 0 Å². The molecular formula is C10H20N4. The number of nitrogens with one attached hydrogen (secondary N) is 1. The van der Waals surface area contributed by atoms with E-state index in [9.17, 15) is 0 Å². The topological polar surface area (TPSA) is 56.4 Å². The molecule has 0 spiro atoms. The number of nitrogens with two attached hydrogens (primary N) is 1. The van der Waals surface area contributed by atoms with Crippen molar-refractivity contribution in [3.63, 3.8) is 0 Å². The SMILES string of the molecule is CC(CN1CCN2CCC1C2)C(=N)N. The second kappa shape index (κ2) is 3.87. The molecule has 0 saturated carbocycles.